The van der Waals surface area contributed by atoms with Crippen molar-refractivity contribution in [3.05, 3.63) is 46.7 Å². The zero-order valence-electron chi connectivity index (χ0n) is 11.8. The van der Waals surface area contributed by atoms with Crippen LogP contribution in [0.25, 0.3) is 5.69 Å². The summed E-state index contributed by atoms with van der Waals surface area (Å²) in [4.78, 5) is 0. The molecule has 2 aromatic rings. The summed E-state index contributed by atoms with van der Waals surface area (Å²) >= 11 is 6.24. The number of hydrogen-bond donors (Lipinski definition) is 1. The second-order valence-corrected chi connectivity index (χ2v) is 5.89. The van der Waals surface area contributed by atoms with E-state index in [-0.39, 0.29) is 0 Å². The number of para-hydroxylation sites is 1. The molecule has 4 heteroatoms. The van der Waals surface area contributed by atoms with Crippen LogP contribution in [0.5, 0.6) is 0 Å². The Morgan fingerprint density at radius 2 is 2.05 bits per heavy atom. The van der Waals surface area contributed by atoms with Crippen molar-refractivity contribution in [3.63, 3.8) is 0 Å². The van der Waals surface area contributed by atoms with Gasteiger partial charge in [-0.15, -0.1) is 0 Å². The minimum atomic E-state index is 0.679. The smallest absolute Gasteiger partial charge is 0.0834 e. The Balaban J connectivity index is 1.76. The molecular formula is C16H20ClN3. The molecule has 0 unspecified atom stereocenters. The van der Waals surface area contributed by atoms with Crippen molar-refractivity contribution in [1.82, 2.24) is 15.1 Å². The van der Waals surface area contributed by atoms with Crippen LogP contribution in [0.3, 0.4) is 0 Å². The first-order valence-electron chi connectivity index (χ1n) is 7.27. The molecule has 1 aliphatic rings. The maximum Gasteiger partial charge on any atom is 0.0834 e. The Kier molecular flexibility index (Phi) is 4.08. The van der Waals surface area contributed by atoms with Gasteiger partial charge < -0.3 is 5.32 Å². The Bertz CT molecular complexity index is 585. The van der Waals surface area contributed by atoms with E-state index in [4.69, 9.17) is 11.6 Å². The van der Waals surface area contributed by atoms with Gasteiger partial charge in [0.05, 0.1) is 16.9 Å². The van der Waals surface area contributed by atoms with Crippen LogP contribution in [0, 0.1) is 6.92 Å². The van der Waals surface area contributed by atoms with Gasteiger partial charge in [0.1, 0.15) is 0 Å². The Morgan fingerprint density at radius 3 is 2.80 bits per heavy atom. The molecule has 0 spiro atoms. The summed E-state index contributed by atoms with van der Waals surface area (Å²) in [6.45, 7) is 2.99. The zero-order valence-corrected chi connectivity index (χ0v) is 12.5. The minimum absolute atomic E-state index is 0.679. The lowest BCUT2D eigenvalue weighted by Crippen LogP contribution is -2.25. The fourth-order valence-corrected chi connectivity index (χ4v) is 3.08. The van der Waals surface area contributed by atoms with Gasteiger partial charge in [-0.05, 0) is 31.9 Å². The van der Waals surface area contributed by atoms with Crippen molar-refractivity contribution >= 4 is 11.6 Å². The lowest BCUT2D eigenvalue weighted by atomic mass is 10.2. The molecule has 0 atom stereocenters. The van der Waals surface area contributed by atoms with E-state index in [9.17, 15) is 0 Å². The lowest BCUT2D eigenvalue weighted by Gasteiger charge is -2.12. The first-order valence-corrected chi connectivity index (χ1v) is 7.65. The highest BCUT2D eigenvalue weighted by Crippen LogP contribution is 2.23. The van der Waals surface area contributed by atoms with Gasteiger partial charge in [0.25, 0.3) is 0 Å². The van der Waals surface area contributed by atoms with Crippen LogP contribution in [0.2, 0.25) is 5.02 Å². The predicted molar refractivity (Wildman–Crippen MR) is 82.4 cm³/mol. The zero-order chi connectivity index (χ0) is 13.9. The predicted octanol–water partition coefficient (Wildman–Crippen LogP) is 3.87. The van der Waals surface area contributed by atoms with Crippen LogP contribution < -0.4 is 5.32 Å². The van der Waals surface area contributed by atoms with Gasteiger partial charge in [-0.2, -0.15) is 5.10 Å². The summed E-state index contributed by atoms with van der Waals surface area (Å²) in [6.07, 6.45) is 7.26. The van der Waals surface area contributed by atoms with E-state index in [0.29, 0.717) is 6.04 Å². The maximum absolute atomic E-state index is 6.24. The van der Waals surface area contributed by atoms with Crippen LogP contribution in [0.4, 0.5) is 0 Å². The molecule has 1 aromatic carbocycles. The van der Waals surface area contributed by atoms with E-state index in [1.807, 2.05) is 35.1 Å². The van der Waals surface area contributed by atoms with Crippen LogP contribution in [-0.2, 0) is 6.54 Å². The third-order valence-corrected chi connectivity index (χ3v) is 4.45. The van der Waals surface area contributed by atoms with Crippen LogP contribution in [-0.4, -0.2) is 15.8 Å². The van der Waals surface area contributed by atoms with E-state index in [1.165, 1.54) is 31.2 Å². The minimum Gasteiger partial charge on any atom is -0.310 e. The number of nitrogens with one attached hydrogen (secondary N) is 1. The van der Waals surface area contributed by atoms with Gasteiger partial charge in [0.15, 0.2) is 0 Å². The summed E-state index contributed by atoms with van der Waals surface area (Å²) in [5, 5.41) is 8.85. The summed E-state index contributed by atoms with van der Waals surface area (Å²) in [7, 11) is 0. The highest BCUT2D eigenvalue weighted by molar-refractivity contribution is 6.32. The quantitative estimate of drug-likeness (QED) is 0.926. The summed E-state index contributed by atoms with van der Waals surface area (Å²) in [5.74, 6) is 0. The molecule has 0 saturated heterocycles. The molecule has 0 amide bonds. The normalized spacial score (nSPS) is 15.9. The van der Waals surface area contributed by atoms with Gasteiger partial charge in [0.2, 0.25) is 0 Å². The van der Waals surface area contributed by atoms with E-state index in [1.54, 1.807) is 0 Å². The average molecular weight is 290 g/mol. The highest BCUT2D eigenvalue weighted by atomic mass is 35.5. The molecule has 0 radical (unpaired) electrons. The Hall–Kier alpha value is -1.32. The van der Waals surface area contributed by atoms with Crippen molar-refractivity contribution in [2.45, 2.75) is 45.2 Å². The second kappa shape index (κ2) is 5.98. The number of nitrogens with zero attached hydrogens (tertiary/aromatic N) is 2. The van der Waals surface area contributed by atoms with Gasteiger partial charge in [-0.25, -0.2) is 4.68 Å². The molecule has 1 N–H and O–H groups in total. The molecule has 20 heavy (non-hydrogen) atoms. The van der Waals surface area contributed by atoms with Crippen molar-refractivity contribution in [2.24, 2.45) is 0 Å². The van der Waals surface area contributed by atoms with Crippen molar-refractivity contribution in [1.29, 1.82) is 0 Å². The Morgan fingerprint density at radius 1 is 1.30 bits per heavy atom. The molecule has 3 nitrogen and oxygen atoms in total. The van der Waals surface area contributed by atoms with E-state index in [2.05, 4.69) is 17.3 Å². The SMILES string of the molecule is Cc1c(CNC2CCCC2)cnn1-c1ccccc1Cl. The second-order valence-electron chi connectivity index (χ2n) is 5.48. The molecule has 1 aromatic heterocycles. The molecule has 3 rings (SSSR count). The van der Waals surface area contributed by atoms with Gasteiger partial charge in [-0.3, -0.25) is 0 Å². The van der Waals surface area contributed by atoms with Crippen molar-refractivity contribution < 1.29 is 0 Å². The maximum atomic E-state index is 6.24. The number of benzene rings is 1. The standard InChI is InChI=1S/C16H20ClN3/c1-12-13(10-18-14-6-2-3-7-14)11-19-20(12)16-9-5-4-8-15(16)17/h4-5,8-9,11,14,18H,2-3,6-7,10H2,1H3. The first-order chi connectivity index (χ1) is 9.75. The van der Waals surface area contributed by atoms with Gasteiger partial charge >= 0.3 is 0 Å². The van der Waals surface area contributed by atoms with Crippen LogP contribution in [0.1, 0.15) is 36.9 Å². The van der Waals surface area contributed by atoms with Crippen molar-refractivity contribution in [3.8, 4) is 5.69 Å². The number of rotatable bonds is 4. The third kappa shape index (κ3) is 2.74. The summed E-state index contributed by atoms with van der Waals surface area (Å²) in [5.41, 5.74) is 3.35. The molecule has 0 bridgehead atoms. The van der Waals surface area contributed by atoms with Crippen LogP contribution in [0.15, 0.2) is 30.5 Å². The monoisotopic (exact) mass is 289 g/mol. The topological polar surface area (TPSA) is 29.9 Å². The van der Waals surface area contributed by atoms with Crippen LogP contribution >= 0.6 is 11.6 Å². The fourth-order valence-electron chi connectivity index (χ4n) is 2.87. The largest absolute Gasteiger partial charge is 0.310 e. The number of hydrogen-bond acceptors (Lipinski definition) is 2. The molecule has 1 heterocycles. The molecule has 0 aliphatic heterocycles. The first kappa shape index (κ1) is 13.7. The van der Waals surface area contributed by atoms with E-state index in [0.717, 1.165) is 22.9 Å². The molecule has 1 aliphatic carbocycles. The number of halogens is 1. The lowest BCUT2D eigenvalue weighted by molar-refractivity contribution is 0.523. The van der Waals surface area contributed by atoms with Gasteiger partial charge in [0, 0.05) is 23.8 Å². The van der Waals surface area contributed by atoms with Crippen molar-refractivity contribution in [2.75, 3.05) is 0 Å². The molecule has 1 saturated carbocycles. The third-order valence-electron chi connectivity index (χ3n) is 4.13. The average Bonchev–Trinajstić information content (AvgIpc) is 3.07. The van der Waals surface area contributed by atoms with E-state index >= 15 is 0 Å². The molecular weight excluding hydrogens is 270 g/mol. The molecule has 106 valence electrons. The summed E-state index contributed by atoms with van der Waals surface area (Å²) in [6, 6.07) is 8.50. The van der Waals surface area contributed by atoms with E-state index < -0.39 is 0 Å². The van der Waals surface area contributed by atoms with Gasteiger partial charge in [-0.1, -0.05) is 36.6 Å². The summed E-state index contributed by atoms with van der Waals surface area (Å²) < 4.78 is 1.92. The Labute approximate surface area is 124 Å². The fraction of sp³-hybridized carbons (Fsp3) is 0.438. The number of aromatic nitrogens is 2. The molecule has 1 fully saturated rings. The highest BCUT2D eigenvalue weighted by Gasteiger charge is 2.16.